The Hall–Kier alpha value is -4.23. The predicted octanol–water partition coefficient (Wildman–Crippen LogP) is 7.02. The van der Waals surface area contributed by atoms with E-state index >= 15 is 0 Å². The van der Waals surface area contributed by atoms with Gasteiger partial charge in [0.2, 0.25) is 11.9 Å². The number of thioether (sulfide) groups is 1. The quantitative estimate of drug-likeness (QED) is 0.131. The lowest BCUT2D eigenvalue weighted by Crippen LogP contribution is -2.58. The second-order valence-corrected chi connectivity index (χ2v) is 15.1. The molecule has 3 aromatic carbocycles. The number of anilines is 2. The number of nitrogens with zero attached hydrogens (tertiary/aromatic N) is 5. The van der Waals surface area contributed by atoms with E-state index in [4.69, 9.17) is 16.3 Å². The van der Waals surface area contributed by atoms with E-state index in [1.54, 1.807) is 36.3 Å². The van der Waals surface area contributed by atoms with Gasteiger partial charge in [-0.05, 0) is 97.1 Å². The molecule has 2 amide bonds. The van der Waals surface area contributed by atoms with Crippen LogP contribution in [0.15, 0.2) is 90.1 Å². The molecule has 2 fully saturated rings. The van der Waals surface area contributed by atoms with Gasteiger partial charge in [-0.3, -0.25) is 9.69 Å². The zero-order valence-electron chi connectivity index (χ0n) is 30.1. The van der Waals surface area contributed by atoms with Crippen molar-refractivity contribution in [2.24, 2.45) is 5.92 Å². The summed E-state index contributed by atoms with van der Waals surface area (Å²) in [6, 6.07) is 21.4. The summed E-state index contributed by atoms with van der Waals surface area (Å²) in [7, 11) is 0. The van der Waals surface area contributed by atoms with Crippen LogP contribution in [0.2, 0.25) is 5.02 Å². The summed E-state index contributed by atoms with van der Waals surface area (Å²) in [4.78, 5) is 43.5. The number of likely N-dealkylation sites (tertiary alicyclic amines) is 1. The van der Waals surface area contributed by atoms with Gasteiger partial charge in [0.15, 0.2) is 0 Å². The van der Waals surface area contributed by atoms with Gasteiger partial charge in [0.25, 0.3) is 0 Å². The lowest BCUT2D eigenvalue weighted by molar-refractivity contribution is -0.137. The molecule has 13 heteroatoms. The third-order valence-corrected chi connectivity index (χ3v) is 11.1. The van der Waals surface area contributed by atoms with Gasteiger partial charge in [0.05, 0.1) is 0 Å². The van der Waals surface area contributed by atoms with E-state index < -0.39 is 12.1 Å². The summed E-state index contributed by atoms with van der Waals surface area (Å²) >= 11 is 8.03. The third-order valence-electron chi connectivity index (χ3n) is 9.84. The molecule has 1 atom stereocenters. The number of benzene rings is 3. The van der Waals surface area contributed by atoms with Crippen LogP contribution in [0.3, 0.4) is 0 Å². The molecule has 280 valence electrons. The van der Waals surface area contributed by atoms with Crippen LogP contribution in [-0.4, -0.2) is 94.3 Å². The first kappa shape index (κ1) is 38.5. The molecule has 0 aliphatic carbocycles. The van der Waals surface area contributed by atoms with Crippen LogP contribution in [-0.2, 0) is 29.1 Å². The van der Waals surface area contributed by atoms with E-state index in [-0.39, 0.29) is 24.2 Å². The summed E-state index contributed by atoms with van der Waals surface area (Å²) in [5.74, 6) is 1.06. The SMILES string of the molecule is CCSc1cc(F)ccc1CN1CCN(C(=O)[C@H](NC(=O)OCc2ccccc2)C2CCN(CCc3cc(Cl)ccc3Nc3ncccn3)CC2)CC1. The van der Waals surface area contributed by atoms with Crippen LogP contribution >= 0.6 is 23.4 Å². The number of carbonyl (C=O) groups is 2. The molecular weight excluding hydrogens is 713 g/mol. The largest absolute Gasteiger partial charge is 0.445 e. The number of nitrogens with one attached hydrogen (secondary N) is 2. The van der Waals surface area contributed by atoms with Crippen molar-refractivity contribution in [1.82, 2.24) is 30.0 Å². The molecule has 0 unspecified atom stereocenters. The maximum atomic E-state index is 14.2. The minimum Gasteiger partial charge on any atom is -0.445 e. The molecule has 2 saturated heterocycles. The average Bonchev–Trinajstić information content (AvgIpc) is 3.18. The molecule has 10 nitrogen and oxygen atoms in total. The van der Waals surface area contributed by atoms with Crippen molar-refractivity contribution in [3.05, 3.63) is 113 Å². The Kier molecular flexibility index (Phi) is 13.9. The van der Waals surface area contributed by atoms with E-state index in [1.165, 1.54) is 6.07 Å². The van der Waals surface area contributed by atoms with Crippen LogP contribution in [0.4, 0.5) is 20.8 Å². The topological polar surface area (TPSA) is 103 Å². The Bertz CT molecular complexity index is 1790. The summed E-state index contributed by atoms with van der Waals surface area (Å²) in [5.41, 5.74) is 3.96. The van der Waals surface area contributed by atoms with Crippen molar-refractivity contribution in [2.45, 2.75) is 50.3 Å². The third kappa shape index (κ3) is 11.1. The fraction of sp³-hybridized carbons (Fsp3) is 0.400. The molecule has 6 rings (SSSR count). The molecule has 53 heavy (non-hydrogen) atoms. The Morgan fingerprint density at radius 1 is 0.925 bits per heavy atom. The number of alkyl carbamates (subject to hydrolysis) is 1. The number of hydrogen-bond acceptors (Lipinski definition) is 9. The number of carbonyl (C=O) groups excluding carboxylic acids is 2. The van der Waals surface area contributed by atoms with Crippen molar-refractivity contribution >= 4 is 47.0 Å². The van der Waals surface area contributed by atoms with Crippen molar-refractivity contribution in [3.8, 4) is 0 Å². The van der Waals surface area contributed by atoms with Gasteiger partial charge >= 0.3 is 6.09 Å². The fourth-order valence-electron chi connectivity index (χ4n) is 6.95. The smallest absolute Gasteiger partial charge is 0.408 e. The van der Waals surface area contributed by atoms with Crippen molar-refractivity contribution < 1.29 is 18.7 Å². The molecule has 0 bridgehead atoms. The Morgan fingerprint density at radius 3 is 2.42 bits per heavy atom. The first-order chi connectivity index (χ1) is 25.8. The number of rotatable bonds is 14. The highest BCUT2D eigenvalue weighted by molar-refractivity contribution is 7.99. The molecule has 4 aromatic rings. The van der Waals surface area contributed by atoms with Gasteiger partial charge in [0.1, 0.15) is 18.5 Å². The van der Waals surface area contributed by atoms with E-state index in [2.05, 4.69) is 37.3 Å². The van der Waals surface area contributed by atoms with E-state index in [0.29, 0.717) is 43.7 Å². The van der Waals surface area contributed by atoms with E-state index in [9.17, 15) is 14.0 Å². The lowest BCUT2D eigenvalue weighted by atomic mass is 9.88. The lowest BCUT2D eigenvalue weighted by Gasteiger charge is -2.40. The molecule has 2 N–H and O–H groups in total. The number of aromatic nitrogens is 2. The first-order valence-electron chi connectivity index (χ1n) is 18.3. The monoisotopic (exact) mass is 759 g/mol. The molecular formula is C40H47ClFN7O3S. The fourth-order valence-corrected chi connectivity index (χ4v) is 7.97. The first-order valence-corrected chi connectivity index (χ1v) is 19.7. The highest BCUT2D eigenvalue weighted by Gasteiger charge is 2.36. The molecule has 2 aliphatic rings. The van der Waals surface area contributed by atoms with Crippen molar-refractivity contribution in [2.75, 3.05) is 56.9 Å². The van der Waals surface area contributed by atoms with Gasteiger partial charge in [-0.1, -0.05) is 54.9 Å². The van der Waals surface area contributed by atoms with Crippen LogP contribution in [0.25, 0.3) is 0 Å². The highest BCUT2D eigenvalue weighted by Crippen LogP contribution is 2.28. The molecule has 2 aliphatic heterocycles. The van der Waals surface area contributed by atoms with E-state index in [1.807, 2.05) is 59.5 Å². The maximum Gasteiger partial charge on any atom is 0.408 e. The van der Waals surface area contributed by atoms with Gasteiger partial charge in [-0.15, -0.1) is 11.8 Å². The number of amides is 2. The summed E-state index contributed by atoms with van der Waals surface area (Å²) < 4.78 is 19.5. The molecule has 1 aromatic heterocycles. The minimum absolute atomic E-state index is 0.0347. The predicted molar refractivity (Wildman–Crippen MR) is 208 cm³/mol. The second kappa shape index (κ2) is 19.2. The Balaban J connectivity index is 1.06. The number of piperidine rings is 1. The maximum absolute atomic E-state index is 14.2. The molecule has 3 heterocycles. The van der Waals surface area contributed by atoms with Gasteiger partial charge < -0.3 is 25.2 Å². The molecule has 0 spiro atoms. The molecule has 0 radical (unpaired) electrons. The minimum atomic E-state index is -0.689. The van der Waals surface area contributed by atoms with Crippen LogP contribution in [0, 0.1) is 11.7 Å². The van der Waals surface area contributed by atoms with Crippen LogP contribution in [0.5, 0.6) is 0 Å². The van der Waals surface area contributed by atoms with Gasteiger partial charge in [-0.25, -0.2) is 19.2 Å². The zero-order chi connectivity index (χ0) is 37.0. The summed E-state index contributed by atoms with van der Waals surface area (Å²) in [6.07, 6.45) is 5.10. The number of piperazine rings is 1. The second-order valence-electron chi connectivity index (χ2n) is 13.4. The van der Waals surface area contributed by atoms with Crippen molar-refractivity contribution in [1.29, 1.82) is 0 Å². The Morgan fingerprint density at radius 2 is 1.68 bits per heavy atom. The number of ether oxygens (including phenoxy) is 1. The van der Waals surface area contributed by atoms with Gasteiger partial charge in [0, 0.05) is 67.3 Å². The van der Waals surface area contributed by atoms with E-state index in [0.717, 1.165) is 71.9 Å². The zero-order valence-corrected chi connectivity index (χ0v) is 31.6. The average molecular weight is 760 g/mol. The van der Waals surface area contributed by atoms with Gasteiger partial charge in [-0.2, -0.15) is 0 Å². The normalized spacial score (nSPS) is 16.2. The standard InChI is InChI=1S/C40H47ClFN7O3S/c1-2-53-36-26-34(42)11-9-32(36)27-48-21-23-49(24-22-48)38(50)37(46-40(51)52-28-29-7-4-3-5-8-29)30-13-18-47(19-14-30)20-15-31-25-33(41)10-12-35(31)45-39-43-16-6-17-44-39/h3-12,16-17,25-26,30,37H,2,13-15,18-24,27-28H2,1H3,(H,46,51)(H,43,44,45)/t37-/m1/s1. The highest BCUT2D eigenvalue weighted by atomic mass is 35.5. The Labute approximate surface area is 320 Å². The number of halogens is 2. The van der Waals surface area contributed by atoms with Crippen molar-refractivity contribution in [3.63, 3.8) is 0 Å². The number of hydrogen-bond donors (Lipinski definition) is 2. The summed E-state index contributed by atoms with van der Waals surface area (Å²) in [5, 5.41) is 6.96. The van der Waals surface area contributed by atoms with Crippen LogP contribution in [0.1, 0.15) is 36.5 Å². The summed E-state index contributed by atoms with van der Waals surface area (Å²) in [6.45, 7) is 7.79. The molecule has 0 saturated carbocycles. The van der Waals surface area contributed by atoms with Crippen LogP contribution < -0.4 is 10.6 Å².